The third-order valence-corrected chi connectivity index (χ3v) is 3.31. The number of ether oxygens (including phenoxy) is 1. The van der Waals surface area contributed by atoms with Crippen LogP contribution in [-0.4, -0.2) is 24.1 Å². The van der Waals surface area contributed by atoms with Gasteiger partial charge in [0.15, 0.2) is 5.84 Å². The lowest BCUT2D eigenvalue weighted by molar-refractivity contribution is -0.137. The van der Waals surface area contributed by atoms with Crippen molar-refractivity contribution in [2.24, 2.45) is 0 Å². The Morgan fingerprint density at radius 3 is 2.32 bits per heavy atom. The minimum atomic E-state index is -4.44. The zero-order valence-corrected chi connectivity index (χ0v) is 12.9. The number of nitrogens with one attached hydrogen (secondary N) is 3. The van der Waals surface area contributed by atoms with Gasteiger partial charge in [-0.2, -0.15) is 13.2 Å². The summed E-state index contributed by atoms with van der Waals surface area (Å²) in [7, 11) is 1.20. The molecule has 9 heteroatoms. The molecule has 0 spiro atoms. The molecule has 0 bridgehead atoms. The molecular formula is C16H14F3N3O3. The second-order valence-corrected chi connectivity index (χ2v) is 4.94. The maximum Gasteiger partial charge on any atom is 0.416 e. The van der Waals surface area contributed by atoms with Crippen molar-refractivity contribution in [3.05, 3.63) is 59.2 Å². The van der Waals surface area contributed by atoms with E-state index in [1.165, 1.54) is 37.4 Å². The second kappa shape index (κ2) is 7.22. The number of alkyl halides is 3. The Kier molecular flexibility index (Phi) is 5.28. The number of amidine groups is 1. The molecule has 0 fully saturated rings. The molecular weight excluding hydrogens is 339 g/mol. The van der Waals surface area contributed by atoms with E-state index < -0.39 is 23.5 Å². The molecule has 2 rings (SSSR count). The van der Waals surface area contributed by atoms with E-state index in [9.17, 15) is 18.0 Å². The molecule has 0 unspecified atom stereocenters. The van der Waals surface area contributed by atoms with Gasteiger partial charge in [0.05, 0.1) is 18.2 Å². The molecule has 0 aromatic heterocycles. The van der Waals surface area contributed by atoms with Crippen molar-refractivity contribution in [2.45, 2.75) is 6.18 Å². The van der Waals surface area contributed by atoms with E-state index in [1.54, 1.807) is 5.48 Å². The summed E-state index contributed by atoms with van der Waals surface area (Å²) in [6.45, 7) is 0. The van der Waals surface area contributed by atoms with Gasteiger partial charge in [0.1, 0.15) is 0 Å². The number of anilines is 2. The minimum absolute atomic E-state index is 0.130. The number of hydroxylamine groups is 1. The Morgan fingerprint density at radius 1 is 1.16 bits per heavy atom. The van der Waals surface area contributed by atoms with Crippen molar-refractivity contribution in [1.82, 2.24) is 5.48 Å². The number of carbonyl (C=O) groups excluding carboxylic acids is 1. The lowest BCUT2D eigenvalue weighted by Crippen LogP contribution is -2.20. The largest absolute Gasteiger partial charge is 0.465 e. The smallest absolute Gasteiger partial charge is 0.416 e. The Hall–Kier alpha value is -3.07. The van der Waals surface area contributed by atoms with Gasteiger partial charge in [-0.05, 0) is 42.5 Å². The van der Waals surface area contributed by atoms with E-state index in [1.807, 2.05) is 0 Å². The Morgan fingerprint density at radius 2 is 1.80 bits per heavy atom. The van der Waals surface area contributed by atoms with Gasteiger partial charge in [-0.15, -0.1) is 0 Å². The highest BCUT2D eigenvalue weighted by atomic mass is 19.4. The number of esters is 1. The summed E-state index contributed by atoms with van der Waals surface area (Å²) in [4.78, 5) is 11.6. The number of benzene rings is 2. The number of rotatable bonds is 4. The van der Waals surface area contributed by atoms with Gasteiger partial charge in [0.2, 0.25) is 0 Å². The van der Waals surface area contributed by atoms with E-state index in [4.69, 9.17) is 10.6 Å². The summed E-state index contributed by atoms with van der Waals surface area (Å²) in [6, 6.07) is 8.48. The van der Waals surface area contributed by atoms with Crippen LogP contribution in [-0.2, 0) is 10.9 Å². The van der Waals surface area contributed by atoms with Crippen LogP contribution in [0.5, 0.6) is 0 Å². The number of methoxy groups -OCH3 is 1. The predicted molar refractivity (Wildman–Crippen MR) is 84.3 cm³/mol. The van der Waals surface area contributed by atoms with E-state index >= 15 is 0 Å². The minimum Gasteiger partial charge on any atom is -0.465 e. The Labute approximate surface area is 140 Å². The van der Waals surface area contributed by atoms with Crippen molar-refractivity contribution in [3.8, 4) is 0 Å². The van der Waals surface area contributed by atoms with Crippen molar-refractivity contribution in [2.75, 3.05) is 12.4 Å². The molecule has 132 valence electrons. The zero-order chi connectivity index (χ0) is 18.6. The highest BCUT2D eigenvalue weighted by molar-refractivity contribution is 6.03. The van der Waals surface area contributed by atoms with Crippen LogP contribution in [0.1, 0.15) is 21.5 Å². The quantitative estimate of drug-likeness (QED) is 0.292. The molecule has 4 N–H and O–H groups in total. The molecule has 0 saturated heterocycles. The zero-order valence-electron chi connectivity index (χ0n) is 12.9. The maximum absolute atomic E-state index is 12.6. The van der Waals surface area contributed by atoms with Crippen LogP contribution in [0.2, 0.25) is 0 Å². The summed E-state index contributed by atoms with van der Waals surface area (Å²) in [6.07, 6.45) is -4.44. The molecule has 25 heavy (non-hydrogen) atoms. The number of hydrogen-bond acceptors (Lipinski definition) is 5. The number of halogens is 3. The summed E-state index contributed by atoms with van der Waals surface area (Å²) < 4.78 is 42.4. The Bertz CT molecular complexity index is 789. The first-order chi connectivity index (χ1) is 11.8. The Balaban J connectivity index is 2.35. The third-order valence-electron chi connectivity index (χ3n) is 3.31. The first-order valence-electron chi connectivity index (χ1n) is 6.92. The molecule has 0 radical (unpaired) electrons. The fourth-order valence-electron chi connectivity index (χ4n) is 2.06. The topological polar surface area (TPSA) is 94.4 Å². The van der Waals surface area contributed by atoms with E-state index in [0.717, 1.165) is 12.1 Å². The normalized spacial score (nSPS) is 10.9. The van der Waals surface area contributed by atoms with Crippen molar-refractivity contribution in [1.29, 1.82) is 5.41 Å². The summed E-state index contributed by atoms with van der Waals surface area (Å²) in [5.74, 6) is -1.03. The first kappa shape index (κ1) is 18.3. The number of carbonyl (C=O) groups is 1. The average Bonchev–Trinajstić information content (AvgIpc) is 2.60. The van der Waals surface area contributed by atoms with Gasteiger partial charge in [0, 0.05) is 16.9 Å². The fourth-order valence-corrected chi connectivity index (χ4v) is 2.06. The molecule has 0 saturated carbocycles. The molecule has 0 amide bonds. The summed E-state index contributed by atoms with van der Waals surface area (Å²) in [5, 5.41) is 19.5. The van der Waals surface area contributed by atoms with Gasteiger partial charge < -0.3 is 10.1 Å². The van der Waals surface area contributed by atoms with E-state index in [0.29, 0.717) is 11.4 Å². The van der Waals surface area contributed by atoms with Gasteiger partial charge in [0.25, 0.3) is 0 Å². The lowest BCUT2D eigenvalue weighted by Gasteiger charge is -2.14. The van der Waals surface area contributed by atoms with Crippen LogP contribution in [0.4, 0.5) is 24.5 Å². The van der Waals surface area contributed by atoms with Crippen molar-refractivity contribution >= 4 is 23.2 Å². The highest BCUT2D eigenvalue weighted by Crippen LogP contribution is 2.31. The standard InChI is InChI=1S/C16H14F3N3O3/c1-25-15(23)9-2-7-13(12(8-9)14(20)22-24)21-11-5-3-10(4-6-11)16(17,18)19/h2-8,21,24H,1H3,(H2,20,22). The molecule has 0 heterocycles. The molecule has 0 aliphatic rings. The molecule has 2 aromatic carbocycles. The third kappa shape index (κ3) is 4.27. The van der Waals surface area contributed by atoms with Crippen LogP contribution in [0.25, 0.3) is 0 Å². The average molecular weight is 353 g/mol. The molecule has 2 aromatic rings. The summed E-state index contributed by atoms with van der Waals surface area (Å²) in [5.41, 5.74) is 1.80. The molecule has 0 atom stereocenters. The van der Waals surface area contributed by atoms with Crippen LogP contribution in [0, 0.1) is 5.41 Å². The molecule has 0 aliphatic carbocycles. The monoisotopic (exact) mass is 353 g/mol. The van der Waals surface area contributed by atoms with Crippen LogP contribution < -0.4 is 10.8 Å². The summed E-state index contributed by atoms with van der Waals surface area (Å²) >= 11 is 0. The van der Waals surface area contributed by atoms with Gasteiger partial charge in [-0.1, -0.05) is 0 Å². The molecule has 0 aliphatic heterocycles. The van der Waals surface area contributed by atoms with E-state index in [-0.39, 0.29) is 11.1 Å². The fraction of sp³-hybridized carbons (Fsp3) is 0.125. The van der Waals surface area contributed by atoms with E-state index in [2.05, 4.69) is 10.1 Å². The lowest BCUT2D eigenvalue weighted by atomic mass is 10.1. The number of hydrogen-bond donors (Lipinski definition) is 4. The second-order valence-electron chi connectivity index (χ2n) is 4.94. The maximum atomic E-state index is 12.6. The van der Waals surface area contributed by atoms with Gasteiger partial charge in [-0.25, -0.2) is 4.79 Å². The first-order valence-corrected chi connectivity index (χ1v) is 6.92. The van der Waals surface area contributed by atoms with Gasteiger partial charge >= 0.3 is 12.1 Å². The highest BCUT2D eigenvalue weighted by Gasteiger charge is 2.29. The molecule has 6 nitrogen and oxygen atoms in total. The van der Waals surface area contributed by atoms with Crippen LogP contribution in [0.3, 0.4) is 0 Å². The van der Waals surface area contributed by atoms with Gasteiger partial charge in [-0.3, -0.25) is 16.1 Å². The van der Waals surface area contributed by atoms with Crippen molar-refractivity contribution in [3.63, 3.8) is 0 Å². The van der Waals surface area contributed by atoms with Crippen molar-refractivity contribution < 1.29 is 27.9 Å². The van der Waals surface area contributed by atoms with Crippen LogP contribution >= 0.6 is 0 Å². The van der Waals surface area contributed by atoms with Crippen LogP contribution in [0.15, 0.2) is 42.5 Å². The SMILES string of the molecule is COC(=O)c1ccc(Nc2ccc(C(F)(F)F)cc2)c(C(=N)NO)c1. The predicted octanol–water partition coefficient (Wildman–Crippen LogP) is 3.54.